The summed E-state index contributed by atoms with van der Waals surface area (Å²) in [6.45, 7) is 0. The van der Waals surface area contributed by atoms with Crippen molar-refractivity contribution in [2.24, 2.45) is 0 Å². The number of hydrogen-bond donors (Lipinski definition) is 5. The van der Waals surface area contributed by atoms with E-state index in [0.29, 0.717) is 0 Å². The molecule has 1 rings (SSSR count). The van der Waals surface area contributed by atoms with Crippen LogP contribution in [0.25, 0.3) is 0 Å². The molecule has 5 N–H and O–H groups in total. The van der Waals surface area contributed by atoms with E-state index in [1.165, 1.54) is 13.1 Å². The lowest BCUT2D eigenvalue weighted by Crippen LogP contribution is -2.34. The number of benzene rings is 1. The Morgan fingerprint density at radius 3 is 2.50 bits per heavy atom. The molecule has 1 unspecified atom stereocenters. The lowest BCUT2D eigenvalue weighted by molar-refractivity contribution is -0.125. The van der Waals surface area contributed by atoms with Gasteiger partial charge in [-0.15, -0.1) is 0 Å². The smallest absolute Gasteiger partial charge is 0.243 e. The second kappa shape index (κ2) is 5.02. The highest BCUT2D eigenvalue weighted by molar-refractivity contribution is 6.32. The second-order valence-electron chi connectivity index (χ2n) is 3.05. The van der Waals surface area contributed by atoms with Crippen molar-refractivity contribution in [3.63, 3.8) is 0 Å². The van der Waals surface area contributed by atoms with Crippen LogP contribution in [0.15, 0.2) is 12.1 Å². The molecule has 0 saturated carbocycles. The molecule has 0 radical (unpaired) electrons. The normalized spacial score (nSPS) is 12.2. The average Bonchev–Trinajstić information content (AvgIpc) is 2.26. The number of carbonyl (C=O) groups is 1. The second-order valence-corrected chi connectivity index (χ2v) is 3.45. The van der Waals surface area contributed by atoms with Gasteiger partial charge >= 0.3 is 0 Å². The van der Waals surface area contributed by atoms with E-state index in [9.17, 15) is 15.0 Å². The number of halogens is 1. The van der Waals surface area contributed by atoms with Gasteiger partial charge in [0.15, 0.2) is 11.5 Å². The van der Waals surface area contributed by atoms with Gasteiger partial charge in [-0.2, -0.15) is 5.48 Å². The maximum absolute atomic E-state index is 11.3. The lowest BCUT2D eigenvalue weighted by atomic mass is 10.1. The third-order valence-electron chi connectivity index (χ3n) is 2.04. The van der Waals surface area contributed by atoms with Crippen LogP contribution in [0, 0.1) is 0 Å². The highest BCUT2D eigenvalue weighted by Crippen LogP contribution is 2.35. The van der Waals surface area contributed by atoms with Crippen LogP contribution in [-0.4, -0.2) is 28.4 Å². The van der Waals surface area contributed by atoms with E-state index in [1.54, 1.807) is 5.48 Å². The van der Waals surface area contributed by atoms with Crippen molar-refractivity contribution in [2.45, 2.75) is 6.04 Å². The highest BCUT2D eigenvalue weighted by atomic mass is 35.5. The highest BCUT2D eigenvalue weighted by Gasteiger charge is 2.21. The summed E-state index contributed by atoms with van der Waals surface area (Å²) in [5.41, 5.74) is 2.00. The topological polar surface area (TPSA) is 102 Å². The number of aromatic hydroxyl groups is 2. The Balaban J connectivity index is 3.16. The molecule has 0 bridgehead atoms. The molecule has 0 saturated heterocycles. The van der Waals surface area contributed by atoms with Crippen LogP contribution >= 0.6 is 11.6 Å². The summed E-state index contributed by atoms with van der Waals surface area (Å²) in [4.78, 5) is 11.3. The first kappa shape index (κ1) is 12.6. The van der Waals surface area contributed by atoms with Gasteiger partial charge in [-0.25, -0.2) is 0 Å². The van der Waals surface area contributed by atoms with Gasteiger partial charge in [-0.05, 0) is 17.7 Å². The molecule has 7 heteroatoms. The third kappa shape index (κ3) is 2.35. The maximum Gasteiger partial charge on any atom is 0.243 e. The molecular formula is C9H11ClN2O4. The zero-order valence-electron chi connectivity index (χ0n) is 8.36. The molecule has 0 aromatic heterocycles. The average molecular weight is 247 g/mol. The van der Waals surface area contributed by atoms with Gasteiger partial charge in [0.2, 0.25) is 5.91 Å². The third-order valence-corrected chi connectivity index (χ3v) is 2.32. The first-order valence-electron chi connectivity index (χ1n) is 4.33. The number of likely N-dealkylation sites (N-methyl/N-ethyl adjacent to an activating group) is 1. The summed E-state index contributed by atoms with van der Waals surface area (Å²) in [6, 6.07) is 1.32. The largest absolute Gasteiger partial charge is 0.504 e. The molecule has 0 aliphatic carbocycles. The minimum absolute atomic E-state index is 0.112. The number of hydrogen-bond acceptors (Lipinski definition) is 5. The van der Waals surface area contributed by atoms with Gasteiger partial charge in [-0.1, -0.05) is 11.6 Å². The van der Waals surface area contributed by atoms with Crippen LogP contribution in [0.4, 0.5) is 0 Å². The zero-order valence-corrected chi connectivity index (χ0v) is 9.12. The predicted molar refractivity (Wildman–Crippen MR) is 56.5 cm³/mol. The van der Waals surface area contributed by atoms with Crippen LogP contribution in [0.1, 0.15) is 11.6 Å². The van der Waals surface area contributed by atoms with Gasteiger partial charge < -0.3 is 20.7 Å². The summed E-state index contributed by atoms with van der Waals surface area (Å²) in [7, 11) is 1.40. The fourth-order valence-electron chi connectivity index (χ4n) is 1.20. The first-order chi connectivity index (χ1) is 7.51. The fraction of sp³-hybridized carbons (Fsp3) is 0.222. The number of carbonyl (C=O) groups excluding carboxylic acids is 1. The minimum Gasteiger partial charge on any atom is -0.504 e. The molecule has 1 atom stereocenters. The summed E-state index contributed by atoms with van der Waals surface area (Å²) >= 11 is 5.62. The van der Waals surface area contributed by atoms with E-state index in [-0.39, 0.29) is 10.6 Å². The van der Waals surface area contributed by atoms with E-state index in [0.717, 1.165) is 6.07 Å². The van der Waals surface area contributed by atoms with Crippen LogP contribution in [0.3, 0.4) is 0 Å². The number of nitrogens with one attached hydrogen (secondary N) is 2. The zero-order chi connectivity index (χ0) is 12.3. The van der Waals surface area contributed by atoms with E-state index < -0.39 is 23.4 Å². The summed E-state index contributed by atoms with van der Waals surface area (Å²) in [6.07, 6.45) is 0. The number of phenolic OH excluding ortho intramolecular Hbond substituents is 2. The standard InChI is InChI=1S/C9H11ClN2O4/c1-11-9(15)7(12-16)4-2-5(10)8(14)6(13)3-4/h2-3,7,12-14,16H,1H3,(H,11,15). The first-order valence-corrected chi connectivity index (χ1v) is 4.71. The number of phenols is 2. The van der Waals surface area contributed by atoms with Crippen molar-refractivity contribution in [1.29, 1.82) is 0 Å². The van der Waals surface area contributed by atoms with Crippen molar-refractivity contribution in [2.75, 3.05) is 7.05 Å². The van der Waals surface area contributed by atoms with Crippen molar-refractivity contribution in [3.8, 4) is 11.5 Å². The maximum atomic E-state index is 11.3. The molecule has 0 heterocycles. The summed E-state index contributed by atoms with van der Waals surface area (Å²) < 4.78 is 0. The van der Waals surface area contributed by atoms with E-state index in [2.05, 4.69) is 5.32 Å². The monoisotopic (exact) mass is 246 g/mol. The molecule has 0 aliphatic rings. The van der Waals surface area contributed by atoms with Crippen LogP contribution in [0.2, 0.25) is 5.02 Å². The molecule has 0 fully saturated rings. The number of rotatable bonds is 3. The predicted octanol–water partition coefficient (Wildman–Crippen LogP) is 0.517. The summed E-state index contributed by atoms with van der Waals surface area (Å²) in [5.74, 6) is -1.45. The van der Waals surface area contributed by atoms with Crippen LogP contribution < -0.4 is 10.8 Å². The molecule has 6 nitrogen and oxygen atoms in total. The molecule has 1 aromatic carbocycles. The van der Waals surface area contributed by atoms with Gasteiger partial charge in [0.05, 0.1) is 5.02 Å². The Kier molecular flexibility index (Phi) is 3.94. The van der Waals surface area contributed by atoms with Gasteiger partial charge in [0.25, 0.3) is 0 Å². The molecule has 0 aliphatic heterocycles. The van der Waals surface area contributed by atoms with Crippen molar-refractivity contribution in [1.82, 2.24) is 10.8 Å². The van der Waals surface area contributed by atoms with Gasteiger partial charge in [0, 0.05) is 7.05 Å². The molecule has 1 aromatic rings. The Bertz CT molecular complexity index is 387. The molecule has 16 heavy (non-hydrogen) atoms. The minimum atomic E-state index is -1.08. The number of hydroxylamine groups is 1. The van der Waals surface area contributed by atoms with Crippen molar-refractivity contribution >= 4 is 17.5 Å². The van der Waals surface area contributed by atoms with E-state index in [4.69, 9.17) is 16.8 Å². The Morgan fingerprint density at radius 1 is 1.44 bits per heavy atom. The van der Waals surface area contributed by atoms with Crippen LogP contribution in [0.5, 0.6) is 11.5 Å². The SMILES string of the molecule is CNC(=O)C(NO)c1cc(O)c(O)c(Cl)c1. The fourth-order valence-corrected chi connectivity index (χ4v) is 1.42. The molecule has 1 amide bonds. The Morgan fingerprint density at radius 2 is 2.06 bits per heavy atom. The number of amides is 1. The lowest BCUT2D eigenvalue weighted by Gasteiger charge is -2.14. The Hall–Kier alpha value is -1.50. The van der Waals surface area contributed by atoms with Crippen molar-refractivity contribution in [3.05, 3.63) is 22.7 Å². The van der Waals surface area contributed by atoms with Gasteiger partial charge in [0.1, 0.15) is 6.04 Å². The summed E-state index contributed by atoms with van der Waals surface area (Å²) in [5, 5.41) is 29.6. The van der Waals surface area contributed by atoms with E-state index in [1.807, 2.05) is 0 Å². The Labute approximate surface area is 96.4 Å². The molecular weight excluding hydrogens is 236 g/mol. The molecule has 88 valence electrons. The van der Waals surface area contributed by atoms with Crippen molar-refractivity contribution < 1.29 is 20.2 Å². The van der Waals surface area contributed by atoms with Crippen LogP contribution in [-0.2, 0) is 4.79 Å². The van der Waals surface area contributed by atoms with E-state index >= 15 is 0 Å². The molecule has 0 spiro atoms. The van der Waals surface area contributed by atoms with Gasteiger partial charge in [-0.3, -0.25) is 4.79 Å². The quantitative estimate of drug-likeness (QED) is 0.395.